The Labute approximate surface area is 205 Å². The number of rotatable bonds is 6. The molecular weight excluding hydrogens is 514 g/mol. The van der Waals surface area contributed by atoms with E-state index < -0.39 is 47.2 Å². The Morgan fingerprint density at radius 1 is 1.17 bits per heavy atom. The van der Waals surface area contributed by atoms with Crippen LogP contribution in [0.3, 0.4) is 0 Å². The van der Waals surface area contributed by atoms with Crippen molar-refractivity contribution in [2.45, 2.75) is 70.0 Å². The normalized spacial score (nSPS) is 20.5. The first-order valence-electron chi connectivity index (χ1n) is 11.2. The molecule has 1 N–H and O–H groups in total. The monoisotopic (exact) mass is 536 g/mol. The van der Waals surface area contributed by atoms with E-state index in [1.807, 2.05) is 5.32 Å². The summed E-state index contributed by atoms with van der Waals surface area (Å²) in [6, 6.07) is -1.81. The van der Waals surface area contributed by atoms with E-state index in [1.54, 1.807) is 11.8 Å². The number of hydrogen-bond acceptors (Lipinski definition) is 7. The Hall–Kier alpha value is -2.90. The third-order valence-corrected chi connectivity index (χ3v) is 7.35. The summed E-state index contributed by atoms with van der Waals surface area (Å²) in [6.45, 7) is 2.28. The summed E-state index contributed by atoms with van der Waals surface area (Å²) in [4.78, 5) is 34.9. The Morgan fingerprint density at radius 3 is 2.31 bits per heavy atom. The maximum absolute atomic E-state index is 14.1. The van der Waals surface area contributed by atoms with Crippen LogP contribution in [0.25, 0.3) is 10.4 Å². The summed E-state index contributed by atoms with van der Waals surface area (Å²) in [5.74, 6) is -2.13. The molecule has 7 nitrogen and oxygen atoms in total. The van der Waals surface area contributed by atoms with E-state index in [2.05, 4.69) is 9.97 Å². The van der Waals surface area contributed by atoms with Crippen LogP contribution in [0, 0.1) is 0 Å². The highest BCUT2D eigenvalue weighted by Crippen LogP contribution is 2.44. The fraction of sp³-hybridized carbons (Fsp3) is 0.545. The second kappa shape index (κ2) is 9.52. The van der Waals surface area contributed by atoms with Gasteiger partial charge in [-0.05, 0) is 45.6 Å². The molecule has 0 radical (unpaired) electrons. The van der Waals surface area contributed by atoms with Gasteiger partial charge in [-0.15, -0.1) is 11.3 Å². The van der Waals surface area contributed by atoms with Crippen LogP contribution in [0.2, 0.25) is 0 Å². The molecule has 2 aliphatic heterocycles. The first-order chi connectivity index (χ1) is 16.8. The zero-order valence-electron chi connectivity index (χ0n) is 19.2. The third kappa shape index (κ3) is 5.00. The first-order valence-corrected chi connectivity index (χ1v) is 12.0. The number of fused-ring (bicyclic) bond motifs is 2. The van der Waals surface area contributed by atoms with Crippen molar-refractivity contribution in [2.75, 3.05) is 11.9 Å². The van der Waals surface area contributed by atoms with Crippen molar-refractivity contribution >= 4 is 29.0 Å². The highest BCUT2D eigenvalue weighted by molar-refractivity contribution is 7.17. The molecule has 0 spiro atoms. The van der Waals surface area contributed by atoms with Gasteiger partial charge in [-0.25, -0.2) is 14.8 Å². The lowest BCUT2D eigenvalue weighted by atomic mass is 10.0. The van der Waals surface area contributed by atoms with Crippen molar-refractivity contribution < 1.29 is 40.7 Å². The molecule has 0 aliphatic carbocycles. The number of amides is 1. The van der Waals surface area contributed by atoms with Crippen LogP contribution in [0.4, 0.5) is 32.2 Å². The second-order valence-corrected chi connectivity index (χ2v) is 9.61. The minimum atomic E-state index is -5.00. The molecule has 14 heteroatoms. The number of pyridine rings is 1. The van der Waals surface area contributed by atoms with Gasteiger partial charge in [0.2, 0.25) is 5.01 Å². The number of anilines is 1. The molecule has 2 fully saturated rings. The molecule has 2 aromatic heterocycles. The van der Waals surface area contributed by atoms with Gasteiger partial charge in [0.05, 0.1) is 17.0 Å². The molecule has 0 saturated carbocycles. The van der Waals surface area contributed by atoms with Gasteiger partial charge in [0, 0.05) is 23.8 Å². The van der Waals surface area contributed by atoms with Crippen LogP contribution >= 0.6 is 11.3 Å². The van der Waals surface area contributed by atoms with Crippen LogP contribution < -0.4 is 5.32 Å². The number of thiazole rings is 1. The van der Waals surface area contributed by atoms with E-state index in [1.165, 1.54) is 0 Å². The molecule has 2 aliphatic rings. The summed E-state index contributed by atoms with van der Waals surface area (Å²) in [5, 5.41) is 1.61. The molecule has 1 atom stereocenters. The van der Waals surface area contributed by atoms with Gasteiger partial charge in [-0.2, -0.15) is 26.3 Å². The van der Waals surface area contributed by atoms with Crippen molar-refractivity contribution in [3.8, 4) is 10.4 Å². The number of carbonyl (C=O) groups excluding carboxylic acids is 2. The molecule has 2 bridgehead atoms. The molecule has 4 heterocycles. The van der Waals surface area contributed by atoms with E-state index in [9.17, 15) is 35.9 Å². The topological polar surface area (TPSA) is 84.4 Å². The summed E-state index contributed by atoms with van der Waals surface area (Å²) in [5.41, 5.74) is -2.21. The Bertz CT molecular complexity index is 1150. The largest absolute Gasteiger partial charge is 0.461 e. The van der Waals surface area contributed by atoms with Gasteiger partial charge in [0.1, 0.15) is 17.6 Å². The summed E-state index contributed by atoms with van der Waals surface area (Å²) in [6.07, 6.45) is -5.88. The molecule has 1 amide bonds. The number of nitrogens with one attached hydrogen (secondary N) is 1. The van der Waals surface area contributed by atoms with E-state index in [-0.39, 0.29) is 34.3 Å². The maximum atomic E-state index is 14.1. The van der Waals surface area contributed by atoms with Gasteiger partial charge in [0.25, 0.3) is 5.91 Å². The Balaban J connectivity index is 1.81. The summed E-state index contributed by atoms with van der Waals surface area (Å²) < 4.78 is 85.8. The number of alkyl halides is 6. The highest BCUT2D eigenvalue weighted by atomic mass is 32.1. The predicted octanol–water partition coefficient (Wildman–Crippen LogP) is 5.53. The van der Waals surface area contributed by atoms with Gasteiger partial charge in [0.15, 0.2) is 0 Å². The molecule has 4 rings (SSSR count). The lowest BCUT2D eigenvalue weighted by Crippen LogP contribution is -2.35. The summed E-state index contributed by atoms with van der Waals surface area (Å²) >= 11 is 0.551. The zero-order valence-corrected chi connectivity index (χ0v) is 20.0. The van der Waals surface area contributed by atoms with Crippen LogP contribution in [0.15, 0.2) is 12.3 Å². The molecule has 2 aromatic rings. The maximum Gasteiger partial charge on any atom is 0.417 e. The van der Waals surface area contributed by atoms with Crippen LogP contribution in [-0.2, 0) is 10.9 Å². The van der Waals surface area contributed by atoms with E-state index in [0.29, 0.717) is 17.4 Å². The quantitative estimate of drug-likeness (QED) is 0.386. The van der Waals surface area contributed by atoms with Crippen LogP contribution in [0.1, 0.15) is 65.4 Å². The average molecular weight is 536 g/mol. The molecule has 196 valence electrons. The number of ether oxygens (including phenoxy) is 1. The van der Waals surface area contributed by atoms with E-state index >= 15 is 0 Å². The van der Waals surface area contributed by atoms with Crippen LogP contribution in [0.5, 0.6) is 0 Å². The first kappa shape index (κ1) is 26.2. The fourth-order valence-electron chi connectivity index (χ4n) is 4.55. The Morgan fingerprint density at radius 2 is 1.78 bits per heavy atom. The molecule has 2 saturated heterocycles. The van der Waals surface area contributed by atoms with Crippen molar-refractivity contribution in [1.29, 1.82) is 0 Å². The number of carbonyl (C=O) groups is 2. The van der Waals surface area contributed by atoms with Crippen LogP contribution in [-0.4, -0.2) is 57.7 Å². The van der Waals surface area contributed by atoms with E-state index in [4.69, 9.17) is 4.74 Å². The van der Waals surface area contributed by atoms with Gasteiger partial charge < -0.3 is 15.0 Å². The lowest BCUT2D eigenvalue weighted by Gasteiger charge is -2.22. The molecule has 36 heavy (non-hydrogen) atoms. The third-order valence-electron chi connectivity index (χ3n) is 6.28. The van der Waals surface area contributed by atoms with Gasteiger partial charge >= 0.3 is 18.3 Å². The standard InChI is InChI=1S/C22H22F6N4O3S/c1-3-35-20(34)18-31-16(19(33)32-11-4-5-12(32)7-6-11)17(36-18)13-9-29-15(8-14(13)22(26,27)28)30-10(2)21(23,24)25/h8-12H,3-7H2,1-2H3,(H,29,30)/t10-,11?,12?/m0/s1. The predicted molar refractivity (Wildman–Crippen MR) is 118 cm³/mol. The van der Waals surface area contributed by atoms with Crippen molar-refractivity contribution in [3.05, 3.63) is 28.5 Å². The van der Waals surface area contributed by atoms with Crippen molar-refractivity contribution in [1.82, 2.24) is 14.9 Å². The molecular formula is C22H22F6N4O3S. The minimum absolute atomic E-state index is 0.0135. The number of esters is 1. The number of halogens is 6. The van der Waals surface area contributed by atoms with Crippen molar-refractivity contribution in [3.63, 3.8) is 0 Å². The molecule has 0 aromatic carbocycles. The SMILES string of the molecule is CCOC(=O)c1nc(C(=O)N2C3CCC2CC3)c(-c2cnc(N[C@@H](C)C(F)(F)F)cc2C(F)(F)F)s1. The minimum Gasteiger partial charge on any atom is -0.461 e. The fourth-order valence-corrected chi connectivity index (χ4v) is 5.52. The van der Waals surface area contributed by atoms with Crippen molar-refractivity contribution in [2.24, 2.45) is 0 Å². The van der Waals surface area contributed by atoms with Gasteiger partial charge in [-0.1, -0.05) is 0 Å². The number of nitrogens with zero attached hydrogens (tertiary/aromatic N) is 3. The summed E-state index contributed by atoms with van der Waals surface area (Å²) in [7, 11) is 0. The second-order valence-electron chi connectivity index (χ2n) is 8.61. The zero-order chi connectivity index (χ0) is 26.4. The smallest absolute Gasteiger partial charge is 0.417 e. The highest BCUT2D eigenvalue weighted by Gasteiger charge is 2.45. The Kier molecular flexibility index (Phi) is 6.92. The lowest BCUT2D eigenvalue weighted by molar-refractivity contribution is -0.138. The average Bonchev–Trinajstić information content (AvgIpc) is 3.52. The van der Waals surface area contributed by atoms with E-state index in [0.717, 1.165) is 38.8 Å². The number of aromatic nitrogens is 2. The van der Waals surface area contributed by atoms with Gasteiger partial charge in [-0.3, -0.25) is 4.79 Å². The molecule has 0 unspecified atom stereocenters. The number of hydrogen-bond donors (Lipinski definition) is 1.